The lowest BCUT2D eigenvalue weighted by Gasteiger charge is -2.08. The summed E-state index contributed by atoms with van der Waals surface area (Å²) in [5, 5.41) is 10.2. The van der Waals surface area contributed by atoms with Crippen molar-refractivity contribution in [3.8, 4) is 11.3 Å². The predicted octanol–water partition coefficient (Wildman–Crippen LogP) is 5.12. The van der Waals surface area contributed by atoms with E-state index >= 15 is 0 Å². The van der Waals surface area contributed by atoms with Crippen LogP contribution in [0.15, 0.2) is 60.0 Å². The minimum absolute atomic E-state index is 0.154. The fourth-order valence-corrected chi connectivity index (χ4v) is 4.23. The highest BCUT2D eigenvalue weighted by Crippen LogP contribution is 2.24. The Hall–Kier alpha value is -3.49. The van der Waals surface area contributed by atoms with Crippen molar-refractivity contribution < 1.29 is 14.3 Å². The summed E-state index contributed by atoms with van der Waals surface area (Å²) in [5.41, 5.74) is 3.91. The summed E-state index contributed by atoms with van der Waals surface area (Å²) in [4.78, 5) is 29.4. The molecular weight excluding hydrogens is 460 g/mol. The number of aryl methyl sites for hydroxylation is 2. The average Bonchev–Trinajstić information content (AvgIpc) is 3.35. The standard InChI is InChI=1S/C24H21ClN4O3S/c1-15-22(23(25)29(28-15)12-17-7-4-3-5-8-17)24(31)32-13-21(30)27-19-10-6-9-18(11-19)20-14-33-16(2)26-20/h3-11,14H,12-13H2,1-2H3,(H,27,30). The lowest BCUT2D eigenvalue weighted by molar-refractivity contribution is -0.119. The normalized spacial score (nSPS) is 10.8. The molecule has 0 bridgehead atoms. The molecule has 1 amide bonds. The third kappa shape index (κ3) is 5.47. The van der Waals surface area contributed by atoms with Crippen molar-refractivity contribution in [1.29, 1.82) is 0 Å². The predicted molar refractivity (Wildman–Crippen MR) is 129 cm³/mol. The highest BCUT2D eigenvalue weighted by Gasteiger charge is 2.22. The number of amides is 1. The molecule has 7 nitrogen and oxygen atoms in total. The van der Waals surface area contributed by atoms with Gasteiger partial charge in [-0.2, -0.15) is 5.10 Å². The summed E-state index contributed by atoms with van der Waals surface area (Å²) in [7, 11) is 0. The quantitative estimate of drug-likeness (QED) is 0.371. The van der Waals surface area contributed by atoms with Gasteiger partial charge < -0.3 is 10.1 Å². The van der Waals surface area contributed by atoms with Crippen LogP contribution >= 0.6 is 22.9 Å². The van der Waals surface area contributed by atoms with Gasteiger partial charge in [-0.05, 0) is 31.5 Å². The molecule has 0 saturated heterocycles. The van der Waals surface area contributed by atoms with Crippen molar-refractivity contribution in [3.63, 3.8) is 0 Å². The number of hydrogen-bond donors (Lipinski definition) is 1. The van der Waals surface area contributed by atoms with E-state index in [-0.39, 0.29) is 10.7 Å². The van der Waals surface area contributed by atoms with Crippen LogP contribution in [0.5, 0.6) is 0 Å². The summed E-state index contributed by atoms with van der Waals surface area (Å²) in [6.45, 7) is 3.59. The summed E-state index contributed by atoms with van der Waals surface area (Å²) in [6.07, 6.45) is 0. The van der Waals surface area contributed by atoms with E-state index in [4.69, 9.17) is 16.3 Å². The molecule has 33 heavy (non-hydrogen) atoms. The Bertz CT molecular complexity index is 1300. The first-order valence-corrected chi connectivity index (χ1v) is 11.4. The molecule has 168 valence electrons. The van der Waals surface area contributed by atoms with Gasteiger partial charge in [0, 0.05) is 16.6 Å². The van der Waals surface area contributed by atoms with Crippen molar-refractivity contribution in [2.45, 2.75) is 20.4 Å². The lowest BCUT2D eigenvalue weighted by atomic mass is 10.1. The molecule has 2 heterocycles. The topological polar surface area (TPSA) is 86.1 Å². The molecule has 0 aliphatic heterocycles. The van der Waals surface area contributed by atoms with Crippen molar-refractivity contribution in [2.24, 2.45) is 0 Å². The third-order valence-electron chi connectivity index (χ3n) is 4.84. The Morgan fingerprint density at radius 3 is 2.64 bits per heavy atom. The van der Waals surface area contributed by atoms with Crippen molar-refractivity contribution >= 4 is 40.5 Å². The number of halogens is 1. The van der Waals surface area contributed by atoms with E-state index in [1.807, 2.05) is 60.8 Å². The van der Waals surface area contributed by atoms with Gasteiger partial charge in [-0.3, -0.25) is 4.79 Å². The Morgan fingerprint density at radius 1 is 1.12 bits per heavy atom. The Kier molecular flexibility index (Phi) is 6.86. The van der Waals surface area contributed by atoms with Crippen LogP contribution in [-0.2, 0) is 16.1 Å². The van der Waals surface area contributed by atoms with Crippen LogP contribution in [0.2, 0.25) is 5.15 Å². The number of thiazole rings is 1. The Labute approximate surface area is 200 Å². The molecule has 2 aromatic carbocycles. The first-order chi connectivity index (χ1) is 15.9. The second-order valence-electron chi connectivity index (χ2n) is 7.35. The highest BCUT2D eigenvalue weighted by molar-refractivity contribution is 7.09. The molecule has 9 heteroatoms. The maximum absolute atomic E-state index is 12.6. The summed E-state index contributed by atoms with van der Waals surface area (Å²) in [6, 6.07) is 17.0. The number of aromatic nitrogens is 3. The molecule has 0 unspecified atom stereocenters. The van der Waals surface area contributed by atoms with Gasteiger partial charge in [-0.25, -0.2) is 14.5 Å². The minimum Gasteiger partial charge on any atom is -0.452 e. The smallest absolute Gasteiger partial charge is 0.343 e. The number of carbonyl (C=O) groups excluding carboxylic acids is 2. The number of nitrogens with one attached hydrogen (secondary N) is 1. The van der Waals surface area contributed by atoms with Gasteiger partial charge >= 0.3 is 5.97 Å². The van der Waals surface area contributed by atoms with E-state index in [2.05, 4.69) is 15.4 Å². The number of benzene rings is 2. The number of hydrogen-bond acceptors (Lipinski definition) is 6. The monoisotopic (exact) mass is 480 g/mol. The number of esters is 1. The maximum Gasteiger partial charge on any atom is 0.343 e. The van der Waals surface area contributed by atoms with E-state index in [1.165, 1.54) is 4.68 Å². The molecule has 4 rings (SSSR count). The van der Waals surface area contributed by atoms with Gasteiger partial charge in [0.15, 0.2) is 6.61 Å². The van der Waals surface area contributed by atoms with Gasteiger partial charge in [0.1, 0.15) is 10.7 Å². The van der Waals surface area contributed by atoms with E-state index in [9.17, 15) is 9.59 Å². The zero-order chi connectivity index (χ0) is 23.4. The largest absolute Gasteiger partial charge is 0.452 e. The molecule has 1 N–H and O–H groups in total. The first-order valence-electron chi connectivity index (χ1n) is 10.2. The van der Waals surface area contributed by atoms with Crippen LogP contribution in [0.3, 0.4) is 0 Å². The highest BCUT2D eigenvalue weighted by atomic mass is 35.5. The van der Waals surface area contributed by atoms with Gasteiger partial charge in [0.25, 0.3) is 5.91 Å². The minimum atomic E-state index is -0.696. The van der Waals surface area contributed by atoms with E-state index in [0.717, 1.165) is 21.8 Å². The molecule has 4 aromatic rings. The maximum atomic E-state index is 12.6. The van der Waals surface area contributed by atoms with Crippen LogP contribution < -0.4 is 5.32 Å². The fourth-order valence-electron chi connectivity index (χ4n) is 3.30. The number of carbonyl (C=O) groups is 2. The Balaban J connectivity index is 1.38. The van der Waals surface area contributed by atoms with Crippen LogP contribution in [0, 0.1) is 13.8 Å². The average molecular weight is 481 g/mol. The molecule has 0 atom stereocenters. The van der Waals surface area contributed by atoms with E-state index < -0.39 is 18.5 Å². The number of ether oxygens (including phenoxy) is 1. The van der Waals surface area contributed by atoms with Crippen LogP contribution in [-0.4, -0.2) is 33.2 Å². The fraction of sp³-hybridized carbons (Fsp3) is 0.167. The van der Waals surface area contributed by atoms with Crippen molar-refractivity contribution in [1.82, 2.24) is 14.8 Å². The van der Waals surface area contributed by atoms with E-state index in [1.54, 1.807) is 24.3 Å². The zero-order valence-corrected chi connectivity index (χ0v) is 19.6. The molecule has 0 aliphatic rings. The Morgan fingerprint density at radius 2 is 1.91 bits per heavy atom. The van der Waals surface area contributed by atoms with Crippen LogP contribution in [0.4, 0.5) is 5.69 Å². The molecular formula is C24H21ClN4O3S. The number of rotatable bonds is 7. The van der Waals surface area contributed by atoms with Gasteiger partial charge in [0.2, 0.25) is 0 Å². The molecule has 0 spiro atoms. The van der Waals surface area contributed by atoms with Crippen molar-refractivity contribution in [3.05, 3.63) is 87.0 Å². The number of anilines is 1. The SMILES string of the molecule is Cc1nc(-c2cccc(NC(=O)COC(=O)c3c(C)nn(Cc4ccccc4)c3Cl)c2)cs1. The molecule has 0 aliphatic carbocycles. The summed E-state index contributed by atoms with van der Waals surface area (Å²) in [5.74, 6) is -1.15. The molecule has 0 saturated carbocycles. The molecule has 0 fully saturated rings. The van der Waals surface area contributed by atoms with Gasteiger partial charge in [-0.1, -0.05) is 54.1 Å². The number of nitrogens with zero attached hydrogens (tertiary/aromatic N) is 3. The van der Waals surface area contributed by atoms with Crippen molar-refractivity contribution in [2.75, 3.05) is 11.9 Å². The van der Waals surface area contributed by atoms with Crippen LogP contribution in [0.25, 0.3) is 11.3 Å². The van der Waals surface area contributed by atoms with Gasteiger partial charge in [0.05, 0.1) is 22.9 Å². The second-order valence-corrected chi connectivity index (χ2v) is 8.77. The summed E-state index contributed by atoms with van der Waals surface area (Å²) < 4.78 is 6.74. The van der Waals surface area contributed by atoms with Crippen LogP contribution in [0.1, 0.15) is 26.6 Å². The summed E-state index contributed by atoms with van der Waals surface area (Å²) >= 11 is 7.95. The van der Waals surface area contributed by atoms with Gasteiger partial charge in [-0.15, -0.1) is 11.3 Å². The molecule has 2 aromatic heterocycles. The third-order valence-corrected chi connectivity index (χ3v) is 6.00. The van der Waals surface area contributed by atoms with E-state index in [0.29, 0.717) is 17.9 Å². The lowest BCUT2D eigenvalue weighted by Crippen LogP contribution is -2.21. The molecule has 0 radical (unpaired) electrons. The zero-order valence-electron chi connectivity index (χ0n) is 18.0. The first kappa shape index (κ1) is 22.7. The second kappa shape index (κ2) is 9.97.